The summed E-state index contributed by atoms with van der Waals surface area (Å²) in [5, 5.41) is 8.43. The second kappa shape index (κ2) is 6.23. The van der Waals surface area contributed by atoms with Crippen molar-refractivity contribution in [3.8, 4) is 0 Å². The number of rotatable bonds is 6. The van der Waals surface area contributed by atoms with Crippen LogP contribution in [0.3, 0.4) is 0 Å². The molecule has 0 aliphatic rings. The van der Waals surface area contributed by atoms with E-state index in [4.69, 9.17) is 16.6 Å². The Hall–Kier alpha value is -0.260. The van der Waals surface area contributed by atoms with Gasteiger partial charge in [-0.05, 0) is 18.8 Å². The topological polar surface area (TPSA) is 89.3 Å². The van der Waals surface area contributed by atoms with E-state index >= 15 is 0 Å². The van der Waals surface area contributed by atoms with Crippen LogP contribution in [0, 0.1) is 5.92 Å². The summed E-state index contributed by atoms with van der Waals surface area (Å²) < 4.78 is 0. The third kappa shape index (κ3) is 5.13. The molecule has 0 saturated heterocycles. The molecular formula is C8H18N2O2S. The summed E-state index contributed by atoms with van der Waals surface area (Å²) in [6.07, 6.45) is 1.05. The van der Waals surface area contributed by atoms with E-state index in [0.717, 1.165) is 6.42 Å². The summed E-state index contributed by atoms with van der Waals surface area (Å²) in [7, 11) is 0. The fourth-order valence-corrected chi connectivity index (χ4v) is 1.82. The van der Waals surface area contributed by atoms with Crippen LogP contribution in [-0.4, -0.2) is 22.5 Å². The quantitative estimate of drug-likeness (QED) is 0.374. The molecule has 0 aliphatic carbocycles. The third-order valence-electron chi connectivity index (χ3n) is 2.11. The second-order valence-electron chi connectivity index (χ2n) is 3.15. The van der Waals surface area contributed by atoms with E-state index < -0.39 is 12.1 Å². The zero-order valence-corrected chi connectivity index (χ0v) is 8.71. The maximum Gasteiger partial charge on any atom is 0.303 e. The molecule has 78 valence electrons. The average molecular weight is 206 g/mol. The van der Waals surface area contributed by atoms with Crippen LogP contribution in [0.2, 0.25) is 0 Å². The predicted molar refractivity (Wildman–Crippen MR) is 55.6 cm³/mol. The molecule has 0 bridgehead atoms. The van der Waals surface area contributed by atoms with Gasteiger partial charge in [-0.3, -0.25) is 4.79 Å². The van der Waals surface area contributed by atoms with Gasteiger partial charge in [-0.2, -0.15) is 12.6 Å². The van der Waals surface area contributed by atoms with Crippen molar-refractivity contribution in [3.63, 3.8) is 0 Å². The first-order valence-electron chi connectivity index (χ1n) is 4.40. The van der Waals surface area contributed by atoms with Crippen molar-refractivity contribution in [2.24, 2.45) is 17.4 Å². The molecule has 0 aromatic heterocycles. The highest BCUT2D eigenvalue weighted by Crippen LogP contribution is 2.19. The monoisotopic (exact) mass is 206 g/mol. The summed E-state index contributed by atoms with van der Waals surface area (Å²) in [6, 6.07) is 0. The molecule has 0 spiro atoms. The minimum atomic E-state index is -0.806. The molecule has 5 N–H and O–H groups in total. The summed E-state index contributed by atoms with van der Waals surface area (Å²) in [5.74, 6) is -0.720. The van der Waals surface area contributed by atoms with Crippen molar-refractivity contribution in [1.29, 1.82) is 0 Å². The molecule has 0 aromatic carbocycles. The number of carboxylic acids is 1. The minimum absolute atomic E-state index is 0.0268. The predicted octanol–water partition coefficient (Wildman–Crippen LogP) is 0.419. The number of nitrogens with two attached hydrogens (primary N) is 2. The molecule has 0 saturated carbocycles. The van der Waals surface area contributed by atoms with Crippen LogP contribution >= 0.6 is 12.6 Å². The van der Waals surface area contributed by atoms with Crippen LogP contribution < -0.4 is 11.5 Å². The Morgan fingerprint density at radius 1 is 1.54 bits per heavy atom. The van der Waals surface area contributed by atoms with Gasteiger partial charge >= 0.3 is 5.97 Å². The number of aliphatic carboxylic acids is 1. The Kier molecular flexibility index (Phi) is 6.11. The van der Waals surface area contributed by atoms with E-state index in [2.05, 4.69) is 12.6 Å². The second-order valence-corrected chi connectivity index (χ2v) is 3.81. The molecule has 0 fully saturated rings. The van der Waals surface area contributed by atoms with Crippen molar-refractivity contribution >= 4 is 18.6 Å². The van der Waals surface area contributed by atoms with Crippen LogP contribution in [0.1, 0.15) is 26.2 Å². The van der Waals surface area contributed by atoms with Crippen molar-refractivity contribution in [2.45, 2.75) is 37.6 Å². The summed E-state index contributed by atoms with van der Waals surface area (Å²) >= 11 is 4.30. The fraction of sp³-hybridized carbons (Fsp3) is 0.875. The Bertz CT molecular complexity index is 164. The normalized spacial score (nSPS) is 15.8. The molecule has 2 atom stereocenters. The number of hydrogen-bond donors (Lipinski definition) is 4. The summed E-state index contributed by atoms with van der Waals surface area (Å²) in [4.78, 5) is 10.3. The summed E-state index contributed by atoms with van der Waals surface area (Å²) in [6.45, 7) is 1.97. The van der Waals surface area contributed by atoms with Crippen molar-refractivity contribution in [1.82, 2.24) is 0 Å². The SMILES string of the molecule is CCC(C(N)N)C(S)CCC(=O)O. The van der Waals surface area contributed by atoms with Crippen LogP contribution in [-0.2, 0) is 4.79 Å². The van der Waals surface area contributed by atoms with Gasteiger partial charge in [0.15, 0.2) is 0 Å². The average Bonchev–Trinajstić information content (AvgIpc) is 2.01. The van der Waals surface area contributed by atoms with E-state index in [-0.39, 0.29) is 17.6 Å². The minimum Gasteiger partial charge on any atom is -0.481 e. The smallest absolute Gasteiger partial charge is 0.303 e. The van der Waals surface area contributed by atoms with Crippen LogP contribution in [0.15, 0.2) is 0 Å². The fourth-order valence-electron chi connectivity index (χ4n) is 1.29. The van der Waals surface area contributed by atoms with Crippen LogP contribution in [0.25, 0.3) is 0 Å². The first-order chi connectivity index (χ1) is 5.99. The zero-order chi connectivity index (χ0) is 10.4. The first kappa shape index (κ1) is 12.7. The molecule has 0 heterocycles. The van der Waals surface area contributed by atoms with Gasteiger partial charge in [0.25, 0.3) is 0 Å². The first-order valence-corrected chi connectivity index (χ1v) is 4.91. The Labute approximate surface area is 84.1 Å². The number of thiol groups is 1. The van der Waals surface area contributed by atoms with Gasteiger partial charge < -0.3 is 16.6 Å². The molecule has 0 aromatic rings. The van der Waals surface area contributed by atoms with E-state index in [1.54, 1.807) is 0 Å². The lowest BCUT2D eigenvalue weighted by molar-refractivity contribution is -0.137. The molecule has 4 nitrogen and oxygen atoms in total. The highest BCUT2D eigenvalue weighted by molar-refractivity contribution is 7.81. The number of hydrogen-bond acceptors (Lipinski definition) is 4. The lowest BCUT2D eigenvalue weighted by Crippen LogP contribution is -2.42. The van der Waals surface area contributed by atoms with Crippen LogP contribution in [0.5, 0.6) is 0 Å². The lowest BCUT2D eigenvalue weighted by Gasteiger charge is -2.24. The molecule has 13 heavy (non-hydrogen) atoms. The van der Waals surface area contributed by atoms with Gasteiger partial charge in [0.2, 0.25) is 0 Å². The molecule has 0 rings (SSSR count). The summed E-state index contributed by atoms with van der Waals surface area (Å²) in [5.41, 5.74) is 11.1. The number of carboxylic acid groups (broad SMARTS) is 1. The third-order valence-corrected chi connectivity index (χ3v) is 2.76. The van der Waals surface area contributed by atoms with E-state index in [1.165, 1.54) is 0 Å². The number of carbonyl (C=O) groups is 1. The van der Waals surface area contributed by atoms with Gasteiger partial charge in [0.05, 0.1) is 6.17 Å². The molecular weight excluding hydrogens is 188 g/mol. The Balaban J connectivity index is 3.91. The van der Waals surface area contributed by atoms with E-state index in [0.29, 0.717) is 6.42 Å². The van der Waals surface area contributed by atoms with E-state index in [9.17, 15) is 4.79 Å². The molecule has 0 amide bonds. The molecule has 0 aliphatic heterocycles. The largest absolute Gasteiger partial charge is 0.481 e. The van der Waals surface area contributed by atoms with Crippen molar-refractivity contribution < 1.29 is 9.90 Å². The van der Waals surface area contributed by atoms with Gasteiger partial charge in [0, 0.05) is 11.7 Å². The van der Waals surface area contributed by atoms with Gasteiger partial charge in [-0.15, -0.1) is 0 Å². The molecule has 2 unspecified atom stereocenters. The Morgan fingerprint density at radius 3 is 2.38 bits per heavy atom. The van der Waals surface area contributed by atoms with Gasteiger partial charge in [0.1, 0.15) is 0 Å². The molecule has 0 radical (unpaired) electrons. The van der Waals surface area contributed by atoms with E-state index in [1.807, 2.05) is 6.92 Å². The highest BCUT2D eigenvalue weighted by Gasteiger charge is 2.20. The highest BCUT2D eigenvalue weighted by atomic mass is 32.1. The Morgan fingerprint density at radius 2 is 2.08 bits per heavy atom. The van der Waals surface area contributed by atoms with Crippen molar-refractivity contribution in [2.75, 3.05) is 0 Å². The van der Waals surface area contributed by atoms with Crippen molar-refractivity contribution in [3.05, 3.63) is 0 Å². The van der Waals surface area contributed by atoms with Gasteiger partial charge in [-0.25, -0.2) is 0 Å². The maximum atomic E-state index is 10.3. The van der Waals surface area contributed by atoms with Crippen LogP contribution in [0.4, 0.5) is 0 Å². The standard InChI is InChI=1S/C8H18N2O2S/c1-2-5(8(9)10)6(13)3-4-7(11)12/h5-6,8,13H,2-4,9-10H2,1H3,(H,11,12). The maximum absolute atomic E-state index is 10.3. The zero-order valence-electron chi connectivity index (χ0n) is 7.81. The lowest BCUT2D eigenvalue weighted by atomic mass is 9.96. The molecule has 5 heteroatoms. The van der Waals surface area contributed by atoms with Gasteiger partial charge in [-0.1, -0.05) is 6.92 Å².